The lowest BCUT2D eigenvalue weighted by atomic mass is 10.3. The Kier molecular flexibility index (Phi) is 1.53. The number of fused-ring (bicyclic) bond motifs is 1. The molecule has 12 heavy (non-hydrogen) atoms. The zero-order valence-electron chi connectivity index (χ0n) is 7.24. The molecule has 0 unspecified atom stereocenters. The summed E-state index contributed by atoms with van der Waals surface area (Å²) in [6.45, 7) is 7.34. The molecule has 0 N–H and O–H groups in total. The fourth-order valence-corrected chi connectivity index (χ4v) is 1.41. The van der Waals surface area contributed by atoms with Crippen molar-refractivity contribution in [2.75, 3.05) is 0 Å². The zero-order chi connectivity index (χ0) is 8.77. The van der Waals surface area contributed by atoms with Gasteiger partial charge in [0.2, 0.25) is 6.29 Å². The van der Waals surface area contributed by atoms with Crippen LogP contribution in [-0.2, 0) is 14.2 Å². The Morgan fingerprint density at radius 2 is 2.25 bits per heavy atom. The van der Waals surface area contributed by atoms with Gasteiger partial charge in [0.05, 0.1) is 0 Å². The summed E-state index contributed by atoms with van der Waals surface area (Å²) in [6.07, 6.45) is 3.17. The maximum absolute atomic E-state index is 5.53. The average molecular weight is 168 g/mol. The second-order valence-corrected chi connectivity index (χ2v) is 3.36. The first kappa shape index (κ1) is 7.83. The summed E-state index contributed by atoms with van der Waals surface area (Å²) in [5.41, 5.74) is 0. The molecule has 66 valence electrons. The molecule has 0 bridgehead atoms. The van der Waals surface area contributed by atoms with Crippen LogP contribution < -0.4 is 0 Å². The quantitative estimate of drug-likeness (QED) is 0.594. The molecule has 0 aromatic heterocycles. The number of allylic oxidation sites excluding steroid dienone is 1. The van der Waals surface area contributed by atoms with Gasteiger partial charge in [0.1, 0.15) is 11.9 Å². The summed E-state index contributed by atoms with van der Waals surface area (Å²) in [4.78, 5) is 0. The Morgan fingerprint density at radius 1 is 1.50 bits per heavy atom. The lowest BCUT2D eigenvalue weighted by Crippen LogP contribution is -2.22. The van der Waals surface area contributed by atoms with E-state index in [-0.39, 0.29) is 12.4 Å². The van der Waals surface area contributed by atoms with Crippen molar-refractivity contribution in [3.8, 4) is 0 Å². The molecular weight excluding hydrogens is 156 g/mol. The van der Waals surface area contributed by atoms with Gasteiger partial charge in [-0.05, 0) is 26.0 Å². The maximum Gasteiger partial charge on any atom is 0.232 e. The van der Waals surface area contributed by atoms with E-state index in [4.69, 9.17) is 14.2 Å². The third-order valence-corrected chi connectivity index (χ3v) is 1.87. The molecule has 1 fully saturated rings. The predicted molar refractivity (Wildman–Crippen MR) is 43.2 cm³/mol. The van der Waals surface area contributed by atoms with Crippen molar-refractivity contribution in [1.29, 1.82) is 0 Å². The van der Waals surface area contributed by atoms with Gasteiger partial charge in [-0.3, -0.25) is 0 Å². The Hall–Kier alpha value is -0.800. The van der Waals surface area contributed by atoms with Crippen molar-refractivity contribution < 1.29 is 14.2 Å². The van der Waals surface area contributed by atoms with Crippen LogP contribution in [0.4, 0.5) is 0 Å². The minimum absolute atomic E-state index is 0.0759. The van der Waals surface area contributed by atoms with E-state index in [9.17, 15) is 0 Å². The molecule has 0 aliphatic carbocycles. The number of hydrogen-bond acceptors (Lipinski definition) is 3. The highest BCUT2D eigenvalue weighted by molar-refractivity contribution is 5.17. The third-order valence-electron chi connectivity index (χ3n) is 1.87. The lowest BCUT2D eigenvalue weighted by Gasteiger charge is -2.17. The van der Waals surface area contributed by atoms with Gasteiger partial charge in [-0.25, -0.2) is 0 Å². The van der Waals surface area contributed by atoms with Crippen LogP contribution >= 0.6 is 0 Å². The van der Waals surface area contributed by atoms with Crippen molar-refractivity contribution in [3.63, 3.8) is 0 Å². The highest BCUT2D eigenvalue weighted by Crippen LogP contribution is 2.35. The van der Waals surface area contributed by atoms with Crippen LogP contribution in [0.1, 0.15) is 13.8 Å². The second-order valence-electron chi connectivity index (χ2n) is 3.36. The molecular formula is C9H12O3. The summed E-state index contributed by atoms with van der Waals surface area (Å²) in [7, 11) is 0. The topological polar surface area (TPSA) is 27.7 Å². The van der Waals surface area contributed by atoms with Crippen LogP contribution in [0.2, 0.25) is 0 Å². The summed E-state index contributed by atoms with van der Waals surface area (Å²) < 4.78 is 16.4. The first-order chi connectivity index (χ1) is 5.61. The fourth-order valence-electron chi connectivity index (χ4n) is 1.41. The SMILES string of the molecule is C=CC1=C[C@H]2OC(C)(C)O[C@H]2O1. The molecule has 0 saturated carbocycles. The molecule has 0 aromatic carbocycles. The number of ether oxygens (including phenoxy) is 3. The summed E-state index contributed by atoms with van der Waals surface area (Å²) in [6, 6.07) is 0. The van der Waals surface area contributed by atoms with E-state index in [0.29, 0.717) is 0 Å². The second kappa shape index (κ2) is 2.34. The molecule has 1 saturated heterocycles. The van der Waals surface area contributed by atoms with Crippen LogP contribution in [0.3, 0.4) is 0 Å². The van der Waals surface area contributed by atoms with Crippen LogP contribution in [0.15, 0.2) is 24.5 Å². The van der Waals surface area contributed by atoms with E-state index in [1.165, 1.54) is 0 Å². The smallest absolute Gasteiger partial charge is 0.232 e. The van der Waals surface area contributed by atoms with Crippen molar-refractivity contribution in [3.05, 3.63) is 24.5 Å². The molecule has 2 heterocycles. The average Bonchev–Trinajstić information content (AvgIpc) is 2.40. The van der Waals surface area contributed by atoms with Crippen molar-refractivity contribution in [1.82, 2.24) is 0 Å². The van der Waals surface area contributed by atoms with E-state index < -0.39 is 5.79 Å². The van der Waals surface area contributed by atoms with Gasteiger partial charge in [-0.2, -0.15) is 0 Å². The van der Waals surface area contributed by atoms with Crippen LogP contribution in [-0.4, -0.2) is 18.2 Å². The first-order valence-corrected chi connectivity index (χ1v) is 3.97. The van der Waals surface area contributed by atoms with Gasteiger partial charge >= 0.3 is 0 Å². The molecule has 0 amide bonds. The Labute approximate surface area is 71.6 Å². The van der Waals surface area contributed by atoms with Crippen molar-refractivity contribution in [2.45, 2.75) is 32.0 Å². The number of hydrogen-bond donors (Lipinski definition) is 0. The number of rotatable bonds is 1. The molecule has 0 spiro atoms. The molecule has 2 atom stereocenters. The molecule has 2 rings (SSSR count). The van der Waals surface area contributed by atoms with Crippen LogP contribution in [0.5, 0.6) is 0 Å². The predicted octanol–water partition coefficient (Wildman–Crippen LogP) is 1.56. The van der Waals surface area contributed by atoms with Gasteiger partial charge in [-0.1, -0.05) is 6.58 Å². The molecule has 0 radical (unpaired) electrons. The largest absolute Gasteiger partial charge is 0.462 e. The van der Waals surface area contributed by atoms with E-state index in [1.54, 1.807) is 6.08 Å². The zero-order valence-corrected chi connectivity index (χ0v) is 7.24. The van der Waals surface area contributed by atoms with Crippen molar-refractivity contribution >= 4 is 0 Å². The normalized spacial score (nSPS) is 37.0. The van der Waals surface area contributed by atoms with Gasteiger partial charge in [-0.15, -0.1) is 0 Å². The summed E-state index contributed by atoms with van der Waals surface area (Å²) in [5, 5.41) is 0. The highest BCUT2D eigenvalue weighted by atomic mass is 16.8. The van der Waals surface area contributed by atoms with Crippen molar-refractivity contribution in [2.24, 2.45) is 0 Å². The molecule has 2 aliphatic heterocycles. The molecule has 0 aromatic rings. The summed E-state index contributed by atoms with van der Waals surface area (Å²) in [5.74, 6) is 0.207. The standard InChI is InChI=1S/C9H12O3/c1-4-6-5-7-8(10-6)12-9(2,3)11-7/h4-5,7-8H,1H2,2-3H3/t7-,8-/m1/s1. The van der Waals surface area contributed by atoms with E-state index in [1.807, 2.05) is 19.9 Å². The van der Waals surface area contributed by atoms with Gasteiger partial charge in [0.25, 0.3) is 0 Å². The van der Waals surface area contributed by atoms with Gasteiger partial charge in [0, 0.05) is 0 Å². The monoisotopic (exact) mass is 168 g/mol. The van der Waals surface area contributed by atoms with Gasteiger partial charge < -0.3 is 14.2 Å². The van der Waals surface area contributed by atoms with E-state index in [2.05, 4.69) is 6.58 Å². The Balaban J connectivity index is 2.12. The third kappa shape index (κ3) is 1.15. The maximum atomic E-state index is 5.53. The highest BCUT2D eigenvalue weighted by Gasteiger charge is 2.44. The lowest BCUT2D eigenvalue weighted by molar-refractivity contribution is -0.180. The van der Waals surface area contributed by atoms with Crippen LogP contribution in [0, 0.1) is 0 Å². The fraction of sp³-hybridized carbons (Fsp3) is 0.556. The van der Waals surface area contributed by atoms with Gasteiger partial charge in [0.15, 0.2) is 5.79 Å². The first-order valence-electron chi connectivity index (χ1n) is 3.97. The molecule has 2 aliphatic rings. The Morgan fingerprint density at radius 3 is 2.83 bits per heavy atom. The minimum atomic E-state index is -0.529. The van der Waals surface area contributed by atoms with Crippen LogP contribution in [0.25, 0.3) is 0 Å². The van der Waals surface area contributed by atoms with E-state index in [0.717, 1.165) is 5.76 Å². The minimum Gasteiger partial charge on any atom is -0.462 e. The van der Waals surface area contributed by atoms with E-state index >= 15 is 0 Å². The summed E-state index contributed by atoms with van der Waals surface area (Å²) >= 11 is 0. The Bertz CT molecular complexity index is 242. The molecule has 3 heteroatoms. The molecule has 3 nitrogen and oxygen atoms in total.